The molecular formula is C21H30BrN3O. The molecule has 142 valence electrons. The fourth-order valence-electron chi connectivity index (χ4n) is 2.88. The summed E-state index contributed by atoms with van der Waals surface area (Å²) >= 11 is 3.60. The van der Waals surface area contributed by atoms with Gasteiger partial charge in [-0.1, -0.05) is 45.2 Å². The van der Waals surface area contributed by atoms with Crippen molar-refractivity contribution in [2.45, 2.75) is 59.3 Å². The van der Waals surface area contributed by atoms with Crippen molar-refractivity contribution in [3.05, 3.63) is 45.8 Å². The van der Waals surface area contributed by atoms with Crippen LogP contribution >= 0.6 is 15.9 Å². The van der Waals surface area contributed by atoms with Crippen LogP contribution < -0.4 is 10.1 Å². The Kier molecular flexibility index (Phi) is 8.89. The van der Waals surface area contributed by atoms with E-state index < -0.39 is 0 Å². The quantitative estimate of drug-likeness (QED) is 0.472. The molecule has 0 radical (unpaired) electrons. The standard InChI is InChI=1S/C21H30BrN3O/c1-4-6-7-9-17-10-11-19(16(3)14-17)26-13-12-23-21-20(22)18(8-5-2)24-15-25-21/h10-11,14-15H,4-9,12-13H2,1-3H3,(H,23,24,25). The van der Waals surface area contributed by atoms with E-state index in [0.29, 0.717) is 13.2 Å². The summed E-state index contributed by atoms with van der Waals surface area (Å²) in [6.45, 7) is 7.78. The van der Waals surface area contributed by atoms with E-state index in [2.05, 4.69) is 70.2 Å². The molecular weight excluding hydrogens is 390 g/mol. The van der Waals surface area contributed by atoms with Gasteiger partial charge in [-0.15, -0.1) is 0 Å². The summed E-state index contributed by atoms with van der Waals surface area (Å²) in [6.07, 6.45) is 8.58. The Balaban J connectivity index is 1.82. The normalized spacial score (nSPS) is 10.8. The maximum Gasteiger partial charge on any atom is 0.144 e. The second-order valence-electron chi connectivity index (χ2n) is 6.57. The van der Waals surface area contributed by atoms with Gasteiger partial charge in [0.25, 0.3) is 0 Å². The van der Waals surface area contributed by atoms with Gasteiger partial charge in [0.15, 0.2) is 0 Å². The summed E-state index contributed by atoms with van der Waals surface area (Å²) in [5.41, 5.74) is 3.64. The summed E-state index contributed by atoms with van der Waals surface area (Å²) in [4.78, 5) is 8.63. The molecule has 0 fully saturated rings. The molecule has 1 aromatic heterocycles. The number of hydrogen-bond acceptors (Lipinski definition) is 4. The average Bonchev–Trinajstić information content (AvgIpc) is 2.63. The van der Waals surface area contributed by atoms with Crippen molar-refractivity contribution in [2.24, 2.45) is 0 Å². The van der Waals surface area contributed by atoms with Crippen LogP contribution in [0, 0.1) is 6.92 Å². The smallest absolute Gasteiger partial charge is 0.144 e. The van der Waals surface area contributed by atoms with E-state index in [1.807, 2.05) is 0 Å². The van der Waals surface area contributed by atoms with Gasteiger partial charge in [-0.2, -0.15) is 0 Å². The van der Waals surface area contributed by atoms with Crippen molar-refractivity contribution in [3.8, 4) is 5.75 Å². The van der Waals surface area contributed by atoms with Gasteiger partial charge in [-0.3, -0.25) is 0 Å². The minimum absolute atomic E-state index is 0.593. The first-order chi connectivity index (χ1) is 12.7. The minimum atomic E-state index is 0.593. The zero-order chi connectivity index (χ0) is 18.8. The van der Waals surface area contributed by atoms with E-state index in [1.165, 1.54) is 30.4 Å². The predicted molar refractivity (Wildman–Crippen MR) is 112 cm³/mol. The van der Waals surface area contributed by atoms with Crippen LogP contribution in [0.4, 0.5) is 5.82 Å². The zero-order valence-corrected chi connectivity index (χ0v) is 17.7. The Morgan fingerprint density at radius 1 is 1.08 bits per heavy atom. The van der Waals surface area contributed by atoms with Gasteiger partial charge in [0.1, 0.15) is 24.5 Å². The molecule has 2 rings (SSSR count). The molecule has 0 aliphatic carbocycles. The molecule has 1 heterocycles. The van der Waals surface area contributed by atoms with Crippen LogP contribution in [0.25, 0.3) is 0 Å². The number of hydrogen-bond donors (Lipinski definition) is 1. The molecule has 26 heavy (non-hydrogen) atoms. The number of rotatable bonds is 11. The van der Waals surface area contributed by atoms with Crippen molar-refractivity contribution >= 4 is 21.7 Å². The molecule has 5 heteroatoms. The lowest BCUT2D eigenvalue weighted by Crippen LogP contribution is -2.14. The van der Waals surface area contributed by atoms with Gasteiger partial charge in [0.05, 0.1) is 16.7 Å². The Morgan fingerprint density at radius 2 is 1.92 bits per heavy atom. The number of aryl methyl sites for hydroxylation is 3. The van der Waals surface area contributed by atoms with Crippen molar-refractivity contribution < 1.29 is 4.74 Å². The van der Waals surface area contributed by atoms with Crippen LogP contribution in [0.1, 0.15) is 56.4 Å². The van der Waals surface area contributed by atoms with Gasteiger partial charge in [0.2, 0.25) is 0 Å². The predicted octanol–water partition coefficient (Wildman–Crippen LogP) is 5.72. The van der Waals surface area contributed by atoms with E-state index in [0.717, 1.165) is 41.0 Å². The number of halogens is 1. The number of nitrogens with zero attached hydrogens (tertiary/aromatic N) is 2. The summed E-state index contributed by atoms with van der Waals surface area (Å²) in [7, 11) is 0. The Labute approximate surface area is 165 Å². The van der Waals surface area contributed by atoms with Gasteiger partial charge in [-0.05, 0) is 59.3 Å². The SMILES string of the molecule is CCCCCc1ccc(OCCNc2ncnc(CCC)c2Br)c(C)c1. The second kappa shape index (κ2) is 11.2. The van der Waals surface area contributed by atoms with E-state index in [9.17, 15) is 0 Å². The largest absolute Gasteiger partial charge is 0.491 e. The van der Waals surface area contributed by atoms with Crippen molar-refractivity contribution in [2.75, 3.05) is 18.5 Å². The fraction of sp³-hybridized carbons (Fsp3) is 0.524. The molecule has 0 bridgehead atoms. The molecule has 0 amide bonds. The van der Waals surface area contributed by atoms with Crippen LogP contribution in [0.3, 0.4) is 0 Å². The summed E-state index contributed by atoms with van der Waals surface area (Å²) in [6, 6.07) is 6.52. The van der Waals surface area contributed by atoms with Crippen LogP contribution in [-0.2, 0) is 12.8 Å². The highest BCUT2D eigenvalue weighted by Crippen LogP contribution is 2.24. The number of unbranched alkanes of at least 4 members (excludes halogenated alkanes) is 2. The van der Waals surface area contributed by atoms with E-state index in [4.69, 9.17) is 4.74 Å². The third-order valence-electron chi connectivity index (χ3n) is 4.31. The lowest BCUT2D eigenvalue weighted by molar-refractivity contribution is 0.330. The van der Waals surface area contributed by atoms with Gasteiger partial charge in [-0.25, -0.2) is 9.97 Å². The van der Waals surface area contributed by atoms with Crippen LogP contribution in [0.5, 0.6) is 5.75 Å². The molecule has 2 aromatic rings. The number of ether oxygens (including phenoxy) is 1. The van der Waals surface area contributed by atoms with Crippen molar-refractivity contribution in [1.82, 2.24) is 9.97 Å². The molecule has 1 aromatic carbocycles. The van der Waals surface area contributed by atoms with Gasteiger partial charge < -0.3 is 10.1 Å². The Morgan fingerprint density at radius 3 is 2.65 bits per heavy atom. The molecule has 0 saturated heterocycles. The third kappa shape index (κ3) is 6.27. The summed E-state index contributed by atoms with van der Waals surface area (Å²) in [5.74, 6) is 1.79. The Hall–Kier alpha value is -1.62. The molecule has 4 nitrogen and oxygen atoms in total. The molecule has 0 atom stereocenters. The minimum Gasteiger partial charge on any atom is -0.491 e. The number of aromatic nitrogens is 2. The fourth-order valence-corrected chi connectivity index (χ4v) is 3.42. The van der Waals surface area contributed by atoms with E-state index in [1.54, 1.807) is 6.33 Å². The second-order valence-corrected chi connectivity index (χ2v) is 7.36. The Bertz CT molecular complexity index is 691. The molecule has 0 spiro atoms. The highest BCUT2D eigenvalue weighted by molar-refractivity contribution is 9.10. The number of anilines is 1. The van der Waals surface area contributed by atoms with Crippen molar-refractivity contribution in [1.29, 1.82) is 0 Å². The van der Waals surface area contributed by atoms with Crippen LogP contribution in [0.15, 0.2) is 29.0 Å². The van der Waals surface area contributed by atoms with Crippen LogP contribution in [-0.4, -0.2) is 23.1 Å². The van der Waals surface area contributed by atoms with E-state index >= 15 is 0 Å². The first-order valence-electron chi connectivity index (χ1n) is 9.61. The maximum absolute atomic E-state index is 5.94. The van der Waals surface area contributed by atoms with Crippen LogP contribution in [0.2, 0.25) is 0 Å². The molecule has 0 aliphatic rings. The van der Waals surface area contributed by atoms with E-state index in [-0.39, 0.29) is 0 Å². The lowest BCUT2D eigenvalue weighted by atomic mass is 10.0. The summed E-state index contributed by atoms with van der Waals surface area (Å²) < 4.78 is 6.89. The molecule has 1 N–H and O–H groups in total. The maximum atomic E-state index is 5.94. The number of nitrogens with one attached hydrogen (secondary N) is 1. The highest BCUT2D eigenvalue weighted by atomic mass is 79.9. The first kappa shape index (κ1) is 20.7. The first-order valence-corrected chi connectivity index (χ1v) is 10.4. The highest BCUT2D eigenvalue weighted by Gasteiger charge is 2.08. The summed E-state index contributed by atoms with van der Waals surface area (Å²) in [5, 5.41) is 3.32. The lowest BCUT2D eigenvalue weighted by Gasteiger charge is -2.13. The van der Waals surface area contributed by atoms with Gasteiger partial charge in [0, 0.05) is 0 Å². The van der Waals surface area contributed by atoms with Gasteiger partial charge >= 0.3 is 0 Å². The monoisotopic (exact) mass is 419 g/mol. The molecule has 0 aliphatic heterocycles. The third-order valence-corrected chi connectivity index (χ3v) is 5.14. The zero-order valence-electron chi connectivity index (χ0n) is 16.1. The molecule has 0 unspecified atom stereocenters. The van der Waals surface area contributed by atoms with Crippen molar-refractivity contribution in [3.63, 3.8) is 0 Å². The number of benzene rings is 1. The average molecular weight is 420 g/mol. The topological polar surface area (TPSA) is 47.0 Å². The molecule has 0 saturated carbocycles.